The van der Waals surface area contributed by atoms with Crippen molar-refractivity contribution in [1.82, 2.24) is 14.8 Å². The molecular weight excluding hydrogens is 388 g/mol. The molecule has 156 valence electrons. The minimum Gasteiger partial charge on any atom is -0.368 e. The number of fused-ring (bicyclic) bond motifs is 1. The molecule has 0 N–H and O–H groups in total. The summed E-state index contributed by atoms with van der Waals surface area (Å²) in [5.41, 5.74) is 4.21. The summed E-state index contributed by atoms with van der Waals surface area (Å²) in [6, 6.07) is 19.7. The molecule has 1 aromatic heterocycles. The molecular formula is C25H24N4O2. The Balaban J connectivity index is 1.31. The third-order valence-corrected chi connectivity index (χ3v) is 6.05. The van der Waals surface area contributed by atoms with E-state index in [4.69, 9.17) is 0 Å². The lowest BCUT2D eigenvalue weighted by Crippen LogP contribution is -2.49. The van der Waals surface area contributed by atoms with Crippen LogP contribution in [-0.4, -0.2) is 52.8 Å². The second-order valence-electron chi connectivity index (χ2n) is 7.97. The second-order valence-corrected chi connectivity index (χ2v) is 7.97. The van der Waals surface area contributed by atoms with Crippen molar-refractivity contribution < 1.29 is 9.59 Å². The number of hydrogen-bond donors (Lipinski definition) is 0. The monoisotopic (exact) mass is 412 g/mol. The third-order valence-electron chi connectivity index (χ3n) is 6.05. The Hall–Kier alpha value is -3.67. The predicted octanol–water partition coefficient (Wildman–Crippen LogP) is 3.20. The van der Waals surface area contributed by atoms with Gasteiger partial charge in [0.1, 0.15) is 0 Å². The Bertz CT molecular complexity index is 1090. The topological polar surface area (TPSA) is 56.8 Å². The highest BCUT2D eigenvalue weighted by atomic mass is 16.2. The molecule has 6 nitrogen and oxygen atoms in total. The first kappa shape index (κ1) is 19.3. The fourth-order valence-corrected chi connectivity index (χ4v) is 4.41. The summed E-state index contributed by atoms with van der Waals surface area (Å²) in [4.78, 5) is 36.5. The largest absolute Gasteiger partial charge is 0.368 e. The Morgan fingerprint density at radius 2 is 1.61 bits per heavy atom. The van der Waals surface area contributed by atoms with Crippen molar-refractivity contribution in [3.63, 3.8) is 0 Å². The molecule has 0 spiro atoms. The Kier molecular flexibility index (Phi) is 5.12. The molecule has 2 aliphatic heterocycles. The van der Waals surface area contributed by atoms with Crippen LogP contribution in [0.15, 0.2) is 73.1 Å². The lowest BCUT2D eigenvalue weighted by molar-refractivity contribution is 0.0721. The van der Waals surface area contributed by atoms with Gasteiger partial charge in [0, 0.05) is 57.3 Å². The van der Waals surface area contributed by atoms with Crippen molar-refractivity contribution in [3.8, 4) is 0 Å². The summed E-state index contributed by atoms with van der Waals surface area (Å²) >= 11 is 0. The van der Waals surface area contributed by atoms with Crippen LogP contribution >= 0.6 is 0 Å². The van der Waals surface area contributed by atoms with Crippen LogP contribution in [-0.2, 0) is 13.1 Å². The maximum atomic E-state index is 13.3. The van der Waals surface area contributed by atoms with E-state index in [0.717, 1.165) is 24.2 Å². The number of piperazine rings is 1. The zero-order valence-electron chi connectivity index (χ0n) is 17.3. The zero-order chi connectivity index (χ0) is 21.2. The van der Waals surface area contributed by atoms with Crippen LogP contribution in [0.4, 0.5) is 5.69 Å². The molecule has 6 heteroatoms. The quantitative estimate of drug-likeness (QED) is 0.660. The summed E-state index contributed by atoms with van der Waals surface area (Å²) in [7, 11) is 0. The molecule has 2 aromatic carbocycles. The van der Waals surface area contributed by atoms with E-state index >= 15 is 0 Å². The minimum absolute atomic E-state index is 0.0522. The van der Waals surface area contributed by atoms with Crippen LogP contribution in [0.3, 0.4) is 0 Å². The van der Waals surface area contributed by atoms with Crippen molar-refractivity contribution in [1.29, 1.82) is 0 Å². The van der Waals surface area contributed by atoms with E-state index in [1.165, 1.54) is 5.69 Å². The number of aromatic nitrogens is 1. The van der Waals surface area contributed by atoms with Crippen molar-refractivity contribution >= 4 is 17.5 Å². The van der Waals surface area contributed by atoms with Gasteiger partial charge in [-0.05, 0) is 41.5 Å². The number of nitrogens with zero attached hydrogens (tertiary/aromatic N) is 4. The van der Waals surface area contributed by atoms with E-state index in [1.807, 2.05) is 47.4 Å². The second kappa shape index (κ2) is 8.22. The van der Waals surface area contributed by atoms with E-state index in [2.05, 4.69) is 22.0 Å². The zero-order valence-corrected chi connectivity index (χ0v) is 17.3. The van der Waals surface area contributed by atoms with Crippen molar-refractivity contribution in [2.45, 2.75) is 13.1 Å². The molecule has 0 bridgehead atoms. The van der Waals surface area contributed by atoms with Gasteiger partial charge in [-0.3, -0.25) is 14.6 Å². The van der Waals surface area contributed by atoms with Crippen LogP contribution in [0, 0.1) is 0 Å². The van der Waals surface area contributed by atoms with Gasteiger partial charge in [-0.1, -0.05) is 30.3 Å². The fraction of sp³-hybridized carbons (Fsp3) is 0.240. The van der Waals surface area contributed by atoms with Gasteiger partial charge in [0.2, 0.25) is 0 Å². The molecule has 0 radical (unpaired) electrons. The minimum atomic E-state index is -0.0707. The normalized spacial score (nSPS) is 15.9. The number of anilines is 1. The van der Waals surface area contributed by atoms with Gasteiger partial charge in [-0.25, -0.2) is 0 Å². The maximum absolute atomic E-state index is 13.3. The molecule has 31 heavy (non-hydrogen) atoms. The lowest BCUT2D eigenvalue weighted by atomic mass is 10.0. The first-order valence-electron chi connectivity index (χ1n) is 10.6. The molecule has 2 amide bonds. The number of para-hydroxylation sites is 1. The fourth-order valence-electron chi connectivity index (χ4n) is 4.41. The van der Waals surface area contributed by atoms with Crippen molar-refractivity contribution in [3.05, 3.63) is 95.3 Å². The first-order chi connectivity index (χ1) is 15.2. The summed E-state index contributed by atoms with van der Waals surface area (Å²) in [5.74, 6) is -0.123. The molecule has 5 rings (SSSR count). The van der Waals surface area contributed by atoms with Crippen molar-refractivity contribution in [2.75, 3.05) is 31.1 Å². The lowest BCUT2D eigenvalue weighted by Gasteiger charge is -2.36. The van der Waals surface area contributed by atoms with Gasteiger partial charge in [-0.15, -0.1) is 0 Å². The Morgan fingerprint density at radius 3 is 2.35 bits per heavy atom. The molecule has 2 aliphatic rings. The summed E-state index contributed by atoms with van der Waals surface area (Å²) < 4.78 is 0. The van der Waals surface area contributed by atoms with Crippen molar-refractivity contribution in [2.24, 2.45) is 0 Å². The molecule has 1 fully saturated rings. The number of benzene rings is 2. The number of amides is 2. The van der Waals surface area contributed by atoms with Gasteiger partial charge in [-0.2, -0.15) is 0 Å². The van der Waals surface area contributed by atoms with E-state index in [-0.39, 0.29) is 11.8 Å². The molecule has 1 saturated heterocycles. The van der Waals surface area contributed by atoms with Gasteiger partial charge in [0.15, 0.2) is 0 Å². The highest BCUT2D eigenvalue weighted by Crippen LogP contribution is 2.28. The predicted molar refractivity (Wildman–Crippen MR) is 119 cm³/mol. The number of hydrogen-bond acceptors (Lipinski definition) is 4. The van der Waals surface area contributed by atoms with E-state index in [0.29, 0.717) is 37.3 Å². The Morgan fingerprint density at radius 1 is 0.871 bits per heavy atom. The molecule has 0 saturated carbocycles. The van der Waals surface area contributed by atoms with Crippen LogP contribution in [0.1, 0.15) is 31.8 Å². The highest BCUT2D eigenvalue weighted by Gasteiger charge is 2.33. The molecule has 3 heterocycles. The van der Waals surface area contributed by atoms with Crippen LogP contribution in [0.25, 0.3) is 0 Å². The molecule has 3 aromatic rings. The standard InChI is InChI=1S/C25H24N4O2/c30-24(28-15-13-27(14-16-28)21-6-2-1-3-7-21)22-8-4-5-20-18-29(25(31)23(20)22)17-19-9-11-26-12-10-19/h1-12H,13-18H2. The van der Waals surface area contributed by atoms with E-state index in [1.54, 1.807) is 23.4 Å². The number of carbonyl (C=O) groups is 2. The van der Waals surface area contributed by atoms with Crippen LogP contribution in [0.2, 0.25) is 0 Å². The first-order valence-corrected chi connectivity index (χ1v) is 10.6. The molecule has 0 atom stereocenters. The number of pyridine rings is 1. The van der Waals surface area contributed by atoms with E-state index in [9.17, 15) is 9.59 Å². The van der Waals surface area contributed by atoms with Crippen LogP contribution in [0.5, 0.6) is 0 Å². The summed E-state index contributed by atoms with van der Waals surface area (Å²) in [6.07, 6.45) is 3.46. The van der Waals surface area contributed by atoms with Gasteiger partial charge < -0.3 is 14.7 Å². The summed E-state index contributed by atoms with van der Waals surface area (Å²) in [6.45, 7) is 3.90. The number of carbonyl (C=O) groups excluding carboxylic acids is 2. The third kappa shape index (κ3) is 3.77. The smallest absolute Gasteiger partial charge is 0.255 e. The van der Waals surface area contributed by atoms with Gasteiger partial charge in [0.25, 0.3) is 11.8 Å². The maximum Gasteiger partial charge on any atom is 0.255 e. The average Bonchev–Trinajstić information content (AvgIpc) is 3.15. The SMILES string of the molecule is O=C(c1cccc2c1C(=O)N(Cc1ccncc1)C2)N1CCN(c2ccccc2)CC1. The van der Waals surface area contributed by atoms with Crippen LogP contribution < -0.4 is 4.90 Å². The Labute approximate surface area is 181 Å². The van der Waals surface area contributed by atoms with Gasteiger partial charge >= 0.3 is 0 Å². The average molecular weight is 412 g/mol. The molecule has 0 aliphatic carbocycles. The molecule has 0 unspecified atom stereocenters. The summed E-state index contributed by atoms with van der Waals surface area (Å²) in [5, 5.41) is 0. The number of rotatable bonds is 4. The van der Waals surface area contributed by atoms with Gasteiger partial charge in [0.05, 0.1) is 11.1 Å². The van der Waals surface area contributed by atoms with E-state index < -0.39 is 0 Å². The highest BCUT2D eigenvalue weighted by molar-refractivity contribution is 6.09.